The maximum absolute atomic E-state index is 13.8. The van der Waals surface area contributed by atoms with E-state index in [1.165, 1.54) is 0 Å². The van der Waals surface area contributed by atoms with E-state index in [9.17, 15) is 29.2 Å². The van der Waals surface area contributed by atoms with E-state index in [4.69, 9.17) is 4.98 Å². The van der Waals surface area contributed by atoms with Gasteiger partial charge in [-0.1, -0.05) is 11.3 Å². The number of imide groups is 2. The molecule has 4 aliphatic rings. The molecule has 5 aromatic rings. The normalized spacial score (nSPS) is 21.1. The van der Waals surface area contributed by atoms with E-state index in [-0.39, 0.29) is 47.8 Å². The second kappa shape index (κ2) is 15.3. The standard InChI is InChI=1S/C42H41N11O5S/c1-44-32-19-33(34-10-8-28-17-23(20-43)21-46-53(28)34)45-22-31(32)39-49-48-38(59-39)24-3-5-26(6-4-24)50(2)40(56)25-13-15-51(16-14-25)27-7-9-29-30(18-27)42(58)52(41(29)57)35-11-12-36(54)47-37(35)55/h7-10,17-19,21-22,24-26,35H,3-6,11-16H2,1-2H3,(H,44,45)(H,47,54,55). The minimum Gasteiger partial charge on any atom is -0.387 e. The topological polar surface area (TPSA) is 199 Å². The number of carbonyl (C=O) groups is 5. The van der Waals surface area contributed by atoms with Crippen LogP contribution in [0.2, 0.25) is 0 Å². The van der Waals surface area contributed by atoms with E-state index in [0.717, 1.165) is 74.4 Å². The van der Waals surface area contributed by atoms with E-state index in [0.29, 0.717) is 31.5 Å². The number of carbonyl (C=O) groups excluding carboxylic acids is 5. The van der Waals surface area contributed by atoms with Crippen molar-refractivity contribution in [2.24, 2.45) is 5.92 Å². The first-order valence-electron chi connectivity index (χ1n) is 19.9. The highest BCUT2D eigenvalue weighted by Gasteiger charge is 2.45. The third-order valence-corrected chi connectivity index (χ3v) is 13.4. The van der Waals surface area contributed by atoms with Crippen LogP contribution in [0.5, 0.6) is 0 Å². The number of nitrogens with one attached hydrogen (secondary N) is 2. The van der Waals surface area contributed by atoms with Gasteiger partial charge in [-0.05, 0) is 87.4 Å². The SMILES string of the molecule is CNc1cc(-c2ccc3cc(C#N)cnn23)ncc1-c1nnc(C2CCC(N(C)C(=O)C3CCN(c4ccc5c(c4)C(=O)N(C4CCC(=O)NC4=O)C5=O)CC3)CC2)s1. The van der Waals surface area contributed by atoms with Gasteiger partial charge in [0.2, 0.25) is 17.7 Å². The third-order valence-electron chi connectivity index (χ3n) is 12.3. The molecule has 59 heavy (non-hydrogen) atoms. The van der Waals surface area contributed by atoms with E-state index < -0.39 is 29.7 Å². The van der Waals surface area contributed by atoms with Crippen LogP contribution in [0.4, 0.5) is 11.4 Å². The molecule has 0 bridgehead atoms. The molecule has 9 rings (SSSR count). The van der Waals surface area contributed by atoms with Crippen molar-refractivity contribution in [1.82, 2.24) is 39.9 Å². The number of hydrogen-bond acceptors (Lipinski definition) is 13. The number of nitriles is 1. The van der Waals surface area contributed by atoms with Gasteiger partial charge in [0.25, 0.3) is 11.8 Å². The molecular formula is C42H41N11O5S. The Labute approximate surface area is 343 Å². The second-order valence-corrected chi connectivity index (χ2v) is 16.6. The largest absolute Gasteiger partial charge is 0.387 e. The molecule has 1 atom stereocenters. The van der Waals surface area contributed by atoms with E-state index in [1.54, 1.807) is 40.2 Å². The van der Waals surface area contributed by atoms with E-state index in [1.807, 2.05) is 49.5 Å². The lowest BCUT2D eigenvalue weighted by Gasteiger charge is -2.38. The maximum atomic E-state index is 13.8. The Kier molecular flexibility index (Phi) is 9.87. The highest BCUT2D eigenvalue weighted by molar-refractivity contribution is 7.14. The van der Waals surface area contributed by atoms with Gasteiger partial charge in [0, 0.05) is 69.1 Å². The quantitative estimate of drug-likeness (QED) is 0.206. The summed E-state index contributed by atoms with van der Waals surface area (Å²) in [6.07, 6.45) is 8.45. The molecule has 0 radical (unpaired) electrons. The summed E-state index contributed by atoms with van der Waals surface area (Å²) in [7, 11) is 3.79. The summed E-state index contributed by atoms with van der Waals surface area (Å²) in [4.78, 5) is 74.2. The molecule has 4 aromatic heterocycles. The Morgan fingerprint density at radius 1 is 0.915 bits per heavy atom. The number of hydrogen-bond donors (Lipinski definition) is 2. The summed E-state index contributed by atoms with van der Waals surface area (Å²) in [5.41, 5.74) is 5.89. The third kappa shape index (κ3) is 6.86. The molecule has 5 amide bonds. The summed E-state index contributed by atoms with van der Waals surface area (Å²) in [6.45, 7) is 1.26. The molecule has 3 aliphatic heterocycles. The number of benzene rings is 1. The summed E-state index contributed by atoms with van der Waals surface area (Å²) in [5.74, 6) is -1.78. The maximum Gasteiger partial charge on any atom is 0.262 e. The molecule has 1 unspecified atom stereocenters. The number of anilines is 2. The van der Waals surface area contributed by atoms with Crippen molar-refractivity contribution in [3.63, 3.8) is 0 Å². The zero-order valence-corrected chi connectivity index (χ0v) is 33.4. The van der Waals surface area contributed by atoms with Gasteiger partial charge in [0.1, 0.15) is 17.1 Å². The zero-order valence-electron chi connectivity index (χ0n) is 32.6. The predicted octanol–water partition coefficient (Wildman–Crippen LogP) is 4.63. The van der Waals surface area contributed by atoms with Gasteiger partial charge in [0.15, 0.2) is 5.01 Å². The molecule has 2 N–H and O–H groups in total. The molecule has 0 spiro atoms. The Morgan fingerprint density at radius 2 is 1.69 bits per heavy atom. The molecule has 1 aliphatic carbocycles. The van der Waals surface area contributed by atoms with E-state index in [2.05, 4.69) is 36.9 Å². The number of nitrogens with zero attached hydrogens (tertiary/aromatic N) is 9. The van der Waals surface area contributed by atoms with Gasteiger partial charge in [-0.25, -0.2) is 4.52 Å². The average Bonchev–Trinajstić information content (AvgIpc) is 3.99. The van der Waals surface area contributed by atoms with Gasteiger partial charge in [0.05, 0.1) is 45.4 Å². The first-order valence-corrected chi connectivity index (χ1v) is 20.7. The van der Waals surface area contributed by atoms with Crippen molar-refractivity contribution in [3.8, 4) is 28.0 Å². The minimum absolute atomic E-state index is 0.0685. The van der Waals surface area contributed by atoms with Crippen molar-refractivity contribution in [2.75, 3.05) is 37.4 Å². The van der Waals surface area contributed by atoms with Gasteiger partial charge in [-0.2, -0.15) is 10.4 Å². The molecule has 300 valence electrons. The summed E-state index contributed by atoms with van der Waals surface area (Å²) in [6, 6.07) is 14.0. The Morgan fingerprint density at radius 3 is 2.44 bits per heavy atom. The monoisotopic (exact) mass is 811 g/mol. The molecule has 2 saturated heterocycles. The molecule has 17 heteroatoms. The van der Waals surface area contributed by atoms with Crippen molar-refractivity contribution in [1.29, 1.82) is 5.26 Å². The van der Waals surface area contributed by atoms with E-state index >= 15 is 0 Å². The Hall–Kier alpha value is -6.54. The molecule has 7 heterocycles. The van der Waals surface area contributed by atoms with Crippen molar-refractivity contribution < 1.29 is 24.0 Å². The fourth-order valence-corrected chi connectivity index (χ4v) is 9.99. The first kappa shape index (κ1) is 38.0. The van der Waals surface area contributed by atoms with Crippen LogP contribution in [0, 0.1) is 17.2 Å². The van der Waals surface area contributed by atoms with Crippen molar-refractivity contribution in [2.45, 2.75) is 69.4 Å². The molecule has 16 nitrogen and oxygen atoms in total. The van der Waals surface area contributed by atoms with Crippen molar-refractivity contribution >= 4 is 57.8 Å². The zero-order chi connectivity index (χ0) is 40.9. The van der Waals surface area contributed by atoms with Crippen LogP contribution in [0.3, 0.4) is 0 Å². The number of pyridine rings is 1. The predicted molar refractivity (Wildman–Crippen MR) is 217 cm³/mol. The smallest absolute Gasteiger partial charge is 0.262 e. The lowest BCUT2D eigenvalue weighted by molar-refractivity contribution is -0.138. The fraction of sp³-hybridized carbons (Fsp3) is 0.381. The van der Waals surface area contributed by atoms with Gasteiger partial charge in [-0.3, -0.25) is 39.2 Å². The number of aromatic nitrogens is 5. The van der Waals surface area contributed by atoms with Crippen LogP contribution < -0.4 is 15.5 Å². The minimum atomic E-state index is -1.01. The molecule has 3 fully saturated rings. The van der Waals surface area contributed by atoms with Gasteiger partial charge >= 0.3 is 0 Å². The molecule has 1 saturated carbocycles. The van der Waals surface area contributed by atoms with Gasteiger partial charge < -0.3 is 15.1 Å². The Balaban J connectivity index is 0.787. The van der Waals surface area contributed by atoms with Gasteiger partial charge in [-0.15, -0.1) is 10.2 Å². The summed E-state index contributed by atoms with van der Waals surface area (Å²) < 4.78 is 1.77. The van der Waals surface area contributed by atoms with Crippen LogP contribution in [0.25, 0.3) is 27.5 Å². The summed E-state index contributed by atoms with van der Waals surface area (Å²) in [5, 5.41) is 30.1. The lowest BCUT2D eigenvalue weighted by atomic mass is 9.85. The van der Waals surface area contributed by atoms with Crippen LogP contribution in [-0.2, 0) is 14.4 Å². The highest BCUT2D eigenvalue weighted by atomic mass is 32.1. The number of fused-ring (bicyclic) bond motifs is 2. The fourth-order valence-electron chi connectivity index (χ4n) is 8.95. The Bertz CT molecular complexity index is 2580. The number of piperidine rings is 2. The number of rotatable bonds is 8. The van der Waals surface area contributed by atoms with Crippen LogP contribution in [0.1, 0.15) is 88.6 Å². The number of amides is 5. The molecular weight excluding hydrogens is 771 g/mol. The van der Waals surface area contributed by atoms with Crippen LogP contribution in [-0.4, -0.2) is 103 Å². The average molecular weight is 812 g/mol. The first-order chi connectivity index (χ1) is 28.6. The van der Waals surface area contributed by atoms with Crippen LogP contribution >= 0.6 is 11.3 Å². The van der Waals surface area contributed by atoms with Crippen molar-refractivity contribution in [3.05, 3.63) is 76.6 Å². The lowest BCUT2D eigenvalue weighted by Crippen LogP contribution is -2.54. The summed E-state index contributed by atoms with van der Waals surface area (Å²) >= 11 is 1.58. The van der Waals surface area contributed by atoms with Crippen LogP contribution in [0.15, 0.2) is 54.9 Å². The second-order valence-electron chi connectivity index (χ2n) is 15.6. The highest BCUT2D eigenvalue weighted by Crippen LogP contribution is 2.40. The molecule has 1 aromatic carbocycles.